The summed E-state index contributed by atoms with van der Waals surface area (Å²) in [6.45, 7) is 0.383. The van der Waals surface area contributed by atoms with Gasteiger partial charge in [-0.05, 0) is 18.2 Å². The van der Waals surface area contributed by atoms with Gasteiger partial charge in [0.25, 0.3) is 0 Å². The molecule has 0 radical (unpaired) electrons. The highest BCUT2D eigenvalue weighted by Gasteiger charge is 2.29. The Morgan fingerprint density at radius 3 is 2.75 bits per heavy atom. The topological polar surface area (TPSA) is 93.1 Å². The summed E-state index contributed by atoms with van der Waals surface area (Å²) in [6.07, 6.45) is -1.20. The Morgan fingerprint density at radius 2 is 2.12 bits per heavy atom. The van der Waals surface area contributed by atoms with Crippen LogP contribution < -0.4 is 4.74 Å². The van der Waals surface area contributed by atoms with E-state index in [0.717, 1.165) is 6.07 Å². The molecule has 0 bridgehead atoms. The van der Waals surface area contributed by atoms with Crippen LogP contribution in [0, 0.1) is 5.82 Å². The average Bonchev–Trinajstić information content (AvgIpc) is 2.59. The van der Waals surface area contributed by atoms with E-state index >= 15 is 0 Å². The first-order valence-corrected chi connectivity index (χ1v) is 7.41. The molecule has 1 aliphatic rings. The minimum atomic E-state index is -1.13. The number of amides is 1. The van der Waals surface area contributed by atoms with E-state index < -0.39 is 17.9 Å². The predicted octanol–water partition coefficient (Wildman–Crippen LogP) is 1.11. The van der Waals surface area contributed by atoms with Crippen LogP contribution in [0.5, 0.6) is 5.75 Å². The number of halogens is 1. The second-order valence-electron chi connectivity index (χ2n) is 5.31. The molecule has 1 aromatic carbocycles. The molecule has 1 unspecified atom stereocenters. The van der Waals surface area contributed by atoms with Crippen molar-refractivity contribution in [2.45, 2.75) is 18.9 Å². The zero-order valence-corrected chi connectivity index (χ0v) is 13.2. The average molecular weight is 339 g/mol. The molecule has 8 heteroatoms. The lowest BCUT2D eigenvalue weighted by Crippen LogP contribution is -2.48. The monoisotopic (exact) mass is 339 g/mol. The van der Waals surface area contributed by atoms with Crippen LogP contribution in [0.2, 0.25) is 0 Å². The molecule has 2 rings (SSSR count). The second kappa shape index (κ2) is 7.87. The molecule has 1 aliphatic heterocycles. The van der Waals surface area contributed by atoms with Crippen molar-refractivity contribution in [2.75, 3.05) is 26.8 Å². The van der Waals surface area contributed by atoms with E-state index in [9.17, 15) is 18.8 Å². The number of morpholine rings is 1. The quantitative estimate of drug-likeness (QED) is 0.781. The molecule has 0 aliphatic carbocycles. The third-order valence-electron chi connectivity index (χ3n) is 3.73. The fourth-order valence-electron chi connectivity index (χ4n) is 2.39. The standard InChI is InChI=1S/C16H18FNO6/c1-23-13-4-2-10(8-11(13)17)12(19)3-5-15(20)18-6-7-24-14(9-18)16(21)22/h2,4,8,14H,3,5-7,9H2,1H3,(H,21,22). The minimum Gasteiger partial charge on any atom is -0.494 e. The Hall–Kier alpha value is -2.48. The molecule has 7 nitrogen and oxygen atoms in total. The van der Waals surface area contributed by atoms with Crippen molar-refractivity contribution >= 4 is 17.7 Å². The van der Waals surface area contributed by atoms with Crippen LogP contribution >= 0.6 is 0 Å². The van der Waals surface area contributed by atoms with Crippen LogP contribution in [0.3, 0.4) is 0 Å². The Labute approximate surface area is 138 Å². The van der Waals surface area contributed by atoms with Gasteiger partial charge in [-0.3, -0.25) is 9.59 Å². The van der Waals surface area contributed by atoms with E-state index in [1.807, 2.05) is 0 Å². The molecule has 1 saturated heterocycles. The molecule has 1 N–H and O–H groups in total. The highest BCUT2D eigenvalue weighted by Crippen LogP contribution is 2.19. The molecule has 1 atom stereocenters. The largest absolute Gasteiger partial charge is 0.494 e. The first kappa shape index (κ1) is 17.9. The minimum absolute atomic E-state index is 0.0376. The van der Waals surface area contributed by atoms with Crippen LogP contribution in [-0.2, 0) is 14.3 Å². The SMILES string of the molecule is COc1ccc(C(=O)CCC(=O)N2CCOC(C(=O)O)C2)cc1F. The molecule has 0 spiro atoms. The van der Waals surface area contributed by atoms with Gasteiger partial charge in [-0.15, -0.1) is 0 Å². The second-order valence-corrected chi connectivity index (χ2v) is 5.31. The number of rotatable bonds is 6. The highest BCUT2D eigenvalue weighted by molar-refractivity contribution is 5.98. The third-order valence-corrected chi connectivity index (χ3v) is 3.73. The van der Waals surface area contributed by atoms with Gasteiger partial charge in [-0.1, -0.05) is 0 Å². The first-order valence-electron chi connectivity index (χ1n) is 7.41. The van der Waals surface area contributed by atoms with Crippen LogP contribution in [0.15, 0.2) is 18.2 Å². The summed E-state index contributed by atoms with van der Waals surface area (Å²) in [5.41, 5.74) is 0.159. The number of Topliss-reactive ketones (excluding diaryl/α,β-unsaturated/α-hetero) is 1. The smallest absolute Gasteiger partial charge is 0.334 e. The van der Waals surface area contributed by atoms with Crippen molar-refractivity contribution in [1.82, 2.24) is 4.90 Å². The Balaban J connectivity index is 1.90. The molecule has 1 amide bonds. The number of hydrogen-bond acceptors (Lipinski definition) is 5. The maximum absolute atomic E-state index is 13.6. The molecular weight excluding hydrogens is 321 g/mol. The van der Waals surface area contributed by atoms with Crippen LogP contribution in [0.4, 0.5) is 4.39 Å². The van der Waals surface area contributed by atoms with Crippen LogP contribution in [0.1, 0.15) is 23.2 Å². The number of carbonyl (C=O) groups is 3. The van der Waals surface area contributed by atoms with Gasteiger partial charge in [-0.25, -0.2) is 9.18 Å². The van der Waals surface area contributed by atoms with Gasteiger partial charge < -0.3 is 19.5 Å². The number of carboxylic acid groups (broad SMARTS) is 1. The van der Waals surface area contributed by atoms with Gasteiger partial charge in [0.15, 0.2) is 23.5 Å². The van der Waals surface area contributed by atoms with E-state index in [1.54, 1.807) is 0 Å². The van der Waals surface area contributed by atoms with Crippen molar-refractivity contribution in [3.63, 3.8) is 0 Å². The van der Waals surface area contributed by atoms with Gasteiger partial charge in [0.05, 0.1) is 20.3 Å². The van der Waals surface area contributed by atoms with Crippen LogP contribution in [0.25, 0.3) is 0 Å². The number of ketones is 1. The fraction of sp³-hybridized carbons (Fsp3) is 0.438. The molecule has 1 fully saturated rings. The number of hydrogen-bond donors (Lipinski definition) is 1. The zero-order valence-electron chi connectivity index (χ0n) is 13.2. The zero-order chi connectivity index (χ0) is 17.7. The lowest BCUT2D eigenvalue weighted by molar-refractivity contribution is -0.159. The van der Waals surface area contributed by atoms with Gasteiger partial charge in [0, 0.05) is 24.9 Å². The lowest BCUT2D eigenvalue weighted by Gasteiger charge is -2.30. The summed E-state index contributed by atoms with van der Waals surface area (Å²) >= 11 is 0. The summed E-state index contributed by atoms with van der Waals surface area (Å²) in [5, 5.41) is 8.91. The molecule has 24 heavy (non-hydrogen) atoms. The maximum atomic E-state index is 13.6. The Morgan fingerprint density at radius 1 is 1.38 bits per heavy atom. The normalized spacial score (nSPS) is 17.4. The van der Waals surface area contributed by atoms with Gasteiger partial charge in [-0.2, -0.15) is 0 Å². The van der Waals surface area contributed by atoms with Crippen LogP contribution in [-0.4, -0.2) is 60.6 Å². The summed E-state index contributed by atoms with van der Waals surface area (Å²) in [4.78, 5) is 36.4. The van der Waals surface area contributed by atoms with Gasteiger partial charge in [0.1, 0.15) is 0 Å². The number of carbonyl (C=O) groups excluding carboxylic acids is 2. The molecule has 0 saturated carbocycles. The van der Waals surface area contributed by atoms with E-state index in [0.29, 0.717) is 0 Å². The van der Waals surface area contributed by atoms with Crippen molar-refractivity contribution < 1.29 is 33.4 Å². The Bertz CT molecular complexity index is 647. The summed E-state index contributed by atoms with van der Waals surface area (Å²) in [6, 6.07) is 3.86. The molecule has 1 aromatic rings. The first-order chi connectivity index (χ1) is 11.4. The summed E-state index contributed by atoms with van der Waals surface area (Å²) in [7, 11) is 1.32. The molecule has 130 valence electrons. The summed E-state index contributed by atoms with van der Waals surface area (Å²) < 4.78 is 23.4. The van der Waals surface area contributed by atoms with E-state index in [-0.39, 0.29) is 55.5 Å². The van der Waals surface area contributed by atoms with Crippen molar-refractivity contribution in [3.05, 3.63) is 29.6 Å². The number of nitrogens with zero attached hydrogens (tertiary/aromatic N) is 1. The lowest BCUT2D eigenvalue weighted by atomic mass is 10.1. The van der Waals surface area contributed by atoms with E-state index in [2.05, 4.69) is 0 Å². The number of benzene rings is 1. The third kappa shape index (κ3) is 4.29. The van der Waals surface area contributed by atoms with Crippen molar-refractivity contribution in [1.29, 1.82) is 0 Å². The number of methoxy groups -OCH3 is 1. The van der Waals surface area contributed by atoms with E-state index in [1.165, 1.54) is 24.1 Å². The van der Waals surface area contributed by atoms with Gasteiger partial charge >= 0.3 is 5.97 Å². The Kier molecular flexibility index (Phi) is 5.86. The molecule has 0 aromatic heterocycles. The maximum Gasteiger partial charge on any atom is 0.334 e. The molecule has 1 heterocycles. The highest BCUT2D eigenvalue weighted by atomic mass is 19.1. The number of carboxylic acids is 1. The summed E-state index contributed by atoms with van der Waals surface area (Å²) in [5.74, 6) is -2.43. The number of aliphatic carboxylic acids is 1. The predicted molar refractivity (Wildman–Crippen MR) is 80.5 cm³/mol. The van der Waals surface area contributed by atoms with Crippen molar-refractivity contribution in [3.8, 4) is 5.75 Å². The van der Waals surface area contributed by atoms with Gasteiger partial charge in [0.2, 0.25) is 5.91 Å². The number of ether oxygens (including phenoxy) is 2. The fourth-order valence-corrected chi connectivity index (χ4v) is 2.39. The van der Waals surface area contributed by atoms with Crippen molar-refractivity contribution in [2.24, 2.45) is 0 Å². The molecular formula is C16H18FNO6. The van der Waals surface area contributed by atoms with E-state index in [4.69, 9.17) is 14.6 Å².